The molecule has 0 atom stereocenters. The summed E-state index contributed by atoms with van der Waals surface area (Å²) in [7, 11) is 0. The zero-order valence-corrected chi connectivity index (χ0v) is 8.49. The van der Waals surface area contributed by atoms with Gasteiger partial charge in [-0.1, -0.05) is 30.3 Å². The number of hydrogen-bond donors (Lipinski definition) is 2. The van der Waals surface area contributed by atoms with Gasteiger partial charge < -0.3 is 11.5 Å². The monoisotopic (exact) mass is 208 g/mol. The van der Waals surface area contributed by atoms with Crippen molar-refractivity contribution in [2.24, 2.45) is 21.5 Å². The number of benzene rings is 1. The highest BCUT2D eigenvalue weighted by Crippen LogP contribution is 1.99. The van der Waals surface area contributed by atoms with Gasteiger partial charge in [0.05, 0.1) is 11.3 Å². The van der Waals surface area contributed by atoms with Crippen molar-refractivity contribution in [3.63, 3.8) is 0 Å². The van der Waals surface area contributed by atoms with Crippen LogP contribution in [0.25, 0.3) is 0 Å². The maximum absolute atomic E-state index is 7.75. The standard InChI is InChI=1S/C11H16N4/c1-9(12)15-11(13)14-8-7-10-5-3-2-4-6-10/h2-6H,7-8H2,1H3,(H4,12,13,14,15)/i2D,5D,8D2. The molecule has 0 spiro atoms. The first-order valence-electron chi connectivity index (χ1n) is 6.42. The van der Waals surface area contributed by atoms with Crippen molar-refractivity contribution in [1.82, 2.24) is 0 Å². The van der Waals surface area contributed by atoms with Crippen LogP contribution in [0.3, 0.4) is 0 Å². The van der Waals surface area contributed by atoms with Crippen LogP contribution in [0.15, 0.2) is 40.3 Å². The Bertz CT molecular complexity index is 521. The molecule has 0 aromatic heterocycles. The van der Waals surface area contributed by atoms with Crippen LogP contribution in [0.2, 0.25) is 0 Å². The zero-order chi connectivity index (χ0) is 14.6. The van der Waals surface area contributed by atoms with Gasteiger partial charge in [-0.05, 0) is 18.9 Å². The topological polar surface area (TPSA) is 76.8 Å². The normalized spacial score (nSPS) is 17.7. The lowest BCUT2D eigenvalue weighted by atomic mass is 10.2. The van der Waals surface area contributed by atoms with Gasteiger partial charge in [0.2, 0.25) is 5.96 Å². The predicted octanol–water partition coefficient (Wildman–Crippen LogP) is 0.921. The van der Waals surface area contributed by atoms with Crippen molar-refractivity contribution in [1.29, 1.82) is 0 Å². The summed E-state index contributed by atoms with van der Waals surface area (Å²) in [5.41, 5.74) is 11.2. The summed E-state index contributed by atoms with van der Waals surface area (Å²) in [5.74, 6) is -0.0505. The van der Waals surface area contributed by atoms with E-state index in [4.69, 9.17) is 17.0 Å². The van der Waals surface area contributed by atoms with E-state index >= 15 is 0 Å². The van der Waals surface area contributed by atoms with E-state index in [-0.39, 0.29) is 30.3 Å². The van der Waals surface area contributed by atoms with Gasteiger partial charge in [-0.15, -0.1) is 0 Å². The van der Waals surface area contributed by atoms with Crippen molar-refractivity contribution in [2.75, 3.05) is 6.50 Å². The van der Waals surface area contributed by atoms with Gasteiger partial charge in [0.15, 0.2) is 0 Å². The third-order valence-corrected chi connectivity index (χ3v) is 1.48. The first kappa shape index (κ1) is 6.61. The van der Waals surface area contributed by atoms with E-state index in [1.165, 1.54) is 25.1 Å². The molecule has 80 valence electrons. The smallest absolute Gasteiger partial charge is 0.216 e. The van der Waals surface area contributed by atoms with Crippen LogP contribution >= 0.6 is 0 Å². The number of aliphatic imine (C=N–C) groups is 2. The molecule has 0 unspecified atom stereocenters. The van der Waals surface area contributed by atoms with E-state index in [0.29, 0.717) is 5.56 Å². The van der Waals surface area contributed by atoms with Crippen molar-refractivity contribution in [2.45, 2.75) is 13.3 Å². The molecule has 4 nitrogen and oxygen atoms in total. The van der Waals surface area contributed by atoms with Gasteiger partial charge >= 0.3 is 0 Å². The number of amidine groups is 1. The van der Waals surface area contributed by atoms with E-state index in [0.717, 1.165) is 0 Å². The molecule has 0 radical (unpaired) electrons. The molecule has 1 aromatic rings. The fraction of sp³-hybridized carbons (Fsp3) is 0.273. The molecule has 4 heteroatoms. The summed E-state index contributed by atoms with van der Waals surface area (Å²) >= 11 is 0. The fourth-order valence-corrected chi connectivity index (χ4v) is 0.901. The highest BCUT2D eigenvalue weighted by molar-refractivity contribution is 5.93. The molecule has 0 amide bonds. The lowest BCUT2D eigenvalue weighted by Gasteiger charge is -1.97. The van der Waals surface area contributed by atoms with Gasteiger partial charge in [-0.25, -0.2) is 4.99 Å². The zero-order valence-electron chi connectivity index (χ0n) is 12.5. The first-order chi connectivity index (χ1) is 8.69. The van der Waals surface area contributed by atoms with Crippen LogP contribution in [0.1, 0.15) is 18.0 Å². The Morgan fingerprint density at radius 1 is 1.53 bits per heavy atom. The largest absolute Gasteiger partial charge is 0.387 e. The van der Waals surface area contributed by atoms with E-state index in [1.807, 2.05) is 0 Å². The second-order valence-corrected chi connectivity index (χ2v) is 2.87. The van der Waals surface area contributed by atoms with Crippen molar-refractivity contribution in [3.8, 4) is 0 Å². The summed E-state index contributed by atoms with van der Waals surface area (Å²) in [6.07, 6.45) is -0.119. The minimum absolute atomic E-state index is 0.101. The Balaban J connectivity index is 2.93. The maximum atomic E-state index is 7.75. The molecule has 0 heterocycles. The Morgan fingerprint density at radius 2 is 2.33 bits per heavy atom. The lowest BCUT2D eigenvalue weighted by Crippen LogP contribution is -2.16. The van der Waals surface area contributed by atoms with Gasteiger partial charge in [0.1, 0.15) is 0 Å². The Hall–Kier alpha value is -1.84. The first-order valence-corrected chi connectivity index (χ1v) is 4.42. The number of hydrogen-bond acceptors (Lipinski definition) is 1. The number of aryl methyl sites for hydroxylation is 1. The highest BCUT2D eigenvalue weighted by atomic mass is 15.1. The van der Waals surface area contributed by atoms with Crippen LogP contribution in [0.5, 0.6) is 0 Å². The molecule has 0 aliphatic carbocycles. The van der Waals surface area contributed by atoms with Gasteiger partial charge in [0, 0.05) is 6.50 Å². The fourth-order valence-electron chi connectivity index (χ4n) is 0.901. The molecule has 0 saturated heterocycles. The molecule has 0 aliphatic rings. The minimum Gasteiger partial charge on any atom is -0.387 e. The highest BCUT2D eigenvalue weighted by Gasteiger charge is 1.91. The predicted molar refractivity (Wildman–Crippen MR) is 63.9 cm³/mol. The number of nitrogens with zero attached hydrogens (tertiary/aromatic N) is 2. The second-order valence-electron chi connectivity index (χ2n) is 2.87. The Kier molecular flexibility index (Phi) is 2.55. The number of guanidine groups is 1. The summed E-state index contributed by atoms with van der Waals surface area (Å²) < 4.78 is 30.5. The number of rotatable bonds is 3. The number of nitrogens with two attached hydrogens (primary N) is 2. The molecule has 15 heavy (non-hydrogen) atoms. The second kappa shape index (κ2) is 5.80. The summed E-state index contributed by atoms with van der Waals surface area (Å²) in [5, 5.41) is 0. The average Bonchev–Trinajstić information content (AvgIpc) is 2.19. The van der Waals surface area contributed by atoms with Crippen LogP contribution in [-0.4, -0.2) is 18.3 Å². The molecule has 0 aliphatic heterocycles. The molecule has 0 bridgehead atoms. The van der Waals surface area contributed by atoms with Crippen LogP contribution < -0.4 is 11.5 Å². The lowest BCUT2D eigenvalue weighted by molar-refractivity contribution is 0.962. The van der Waals surface area contributed by atoms with E-state index in [9.17, 15) is 0 Å². The molecule has 1 aromatic carbocycles. The van der Waals surface area contributed by atoms with E-state index in [2.05, 4.69) is 9.98 Å². The molecule has 1 rings (SSSR count). The van der Waals surface area contributed by atoms with Crippen LogP contribution in [0.4, 0.5) is 0 Å². The summed E-state index contributed by atoms with van der Waals surface area (Å²) in [4.78, 5) is 7.28. The van der Waals surface area contributed by atoms with Crippen LogP contribution in [-0.2, 0) is 6.42 Å². The molecular formula is C11H16N4. The van der Waals surface area contributed by atoms with E-state index in [1.54, 1.807) is 0 Å². The Morgan fingerprint density at radius 3 is 3.00 bits per heavy atom. The molecule has 4 N–H and O–H groups in total. The van der Waals surface area contributed by atoms with Crippen molar-refractivity contribution < 1.29 is 5.48 Å². The van der Waals surface area contributed by atoms with Gasteiger partial charge in [-0.3, -0.25) is 4.99 Å². The quantitative estimate of drug-likeness (QED) is 0.572. The maximum Gasteiger partial charge on any atom is 0.216 e. The van der Waals surface area contributed by atoms with Gasteiger partial charge in [-0.2, -0.15) is 0 Å². The molecular weight excluding hydrogens is 188 g/mol. The van der Waals surface area contributed by atoms with Crippen molar-refractivity contribution >= 4 is 11.8 Å². The summed E-state index contributed by atoms with van der Waals surface area (Å²) in [6.45, 7) is -0.463. The summed E-state index contributed by atoms with van der Waals surface area (Å²) in [6, 6.07) is 4.69. The van der Waals surface area contributed by atoms with Crippen LogP contribution in [0, 0.1) is 0 Å². The third kappa shape index (κ3) is 4.81. The average molecular weight is 208 g/mol. The van der Waals surface area contributed by atoms with E-state index < -0.39 is 6.50 Å². The SMILES string of the molecule is [2H]c1ccc(CC([2H])([2H])N=C(N)N=C(C)N)c([2H])c1. The minimum atomic E-state index is -1.98. The van der Waals surface area contributed by atoms with Gasteiger partial charge in [0.25, 0.3) is 0 Å². The third-order valence-electron chi connectivity index (χ3n) is 1.48. The molecule has 0 fully saturated rings. The van der Waals surface area contributed by atoms with Crippen molar-refractivity contribution in [3.05, 3.63) is 35.8 Å². The Labute approximate surface area is 95.3 Å². The molecule has 0 saturated carbocycles.